The highest BCUT2D eigenvalue weighted by Gasteiger charge is 2.38. The normalized spacial score (nSPS) is 14.9. The van der Waals surface area contributed by atoms with Gasteiger partial charge in [0.1, 0.15) is 12.2 Å². The third-order valence-electron chi connectivity index (χ3n) is 7.00. The number of hydrogen-bond donors (Lipinski definition) is 4. The third kappa shape index (κ3) is 9.87. The van der Waals surface area contributed by atoms with E-state index >= 15 is 0 Å². The lowest BCUT2D eigenvalue weighted by Gasteiger charge is -2.17. The number of imidazole rings is 1. The molecule has 0 saturated carbocycles. The summed E-state index contributed by atoms with van der Waals surface area (Å²) in [4.78, 5) is 41.7. The third-order valence-corrected chi connectivity index (χ3v) is 7.24. The number of aromatic amines is 1. The van der Waals surface area contributed by atoms with Gasteiger partial charge in [-0.25, -0.2) is 14.6 Å². The van der Waals surface area contributed by atoms with Crippen LogP contribution in [0.15, 0.2) is 55.0 Å². The number of carbonyl (C=O) groups excluding carboxylic acids is 2. The molecule has 5 rings (SSSR count). The van der Waals surface area contributed by atoms with Crippen LogP contribution >= 0.6 is 11.6 Å². The SMILES string of the molecule is COC(=O)Nc1ccc2c(c1)CCCCCC[C@H](NC(=O)/C=C/c1cc(Cl)ccc1-n1cnnn1)c1ncc-2[nH]1.O=C(O)C(F)(F)F. The summed E-state index contributed by atoms with van der Waals surface area (Å²) in [5.74, 6) is -2.32. The second kappa shape index (κ2) is 15.8. The van der Waals surface area contributed by atoms with Crippen LogP contribution in [0.2, 0.25) is 5.02 Å². The van der Waals surface area contributed by atoms with E-state index in [2.05, 4.69) is 36.1 Å². The number of halogens is 4. The number of rotatable bonds is 5. The minimum Gasteiger partial charge on any atom is -0.475 e. The summed E-state index contributed by atoms with van der Waals surface area (Å²) in [7, 11) is 1.34. The van der Waals surface area contributed by atoms with Crippen molar-refractivity contribution in [1.82, 2.24) is 35.5 Å². The molecule has 0 fully saturated rings. The molecule has 2 bridgehead atoms. The monoisotopic (exact) mass is 674 g/mol. The Bertz CT molecular complexity index is 1730. The number of nitrogens with one attached hydrogen (secondary N) is 3. The molecule has 47 heavy (non-hydrogen) atoms. The molecule has 2 aromatic heterocycles. The molecule has 17 heteroatoms. The summed E-state index contributed by atoms with van der Waals surface area (Å²) >= 11 is 6.20. The Balaban J connectivity index is 0.000000644. The topological polar surface area (TPSA) is 177 Å². The van der Waals surface area contributed by atoms with Crippen molar-refractivity contribution in [2.24, 2.45) is 0 Å². The fraction of sp³-hybridized carbons (Fsp3) is 0.300. The molecule has 0 saturated heterocycles. The van der Waals surface area contributed by atoms with E-state index in [9.17, 15) is 22.8 Å². The van der Waals surface area contributed by atoms with Crippen LogP contribution < -0.4 is 10.6 Å². The maximum absolute atomic E-state index is 13.0. The maximum Gasteiger partial charge on any atom is 0.490 e. The van der Waals surface area contributed by atoms with Gasteiger partial charge in [0.05, 0.1) is 30.7 Å². The van der Waals surface area contributed by atoms with Gasteiger partial charge in [-0.15, -0.1) is 5.10 Å². The van der Waals surface area contributed by atoms with E-state index in [0.717, 1.165) is 55.3 Å². The Kier molecular flexibility index (Phi) is 11.7. The average Bonchev–Trinajstić information content (AvgIpc) is 3.74. The van der Waals surface area contributed by atoms with Crippen LogP contribution in [0.3, 0.4) is 0 Å². The van der Waals surface area contributed by atoms with Crippen molar-refractivity contribution in [1.29, 1.82) is 0 Å². The van der Waals surface area contributed by atoms with Crippen molar-refractivity contribution < 1.29 is 37.4 Å². The number of alkyl halides is 3. The van der Waals surface area contributed by atoms with Gasteiger partial charge >= 0.3 is 18.2 Å². The second-order valence-electron chi connectivity index (χ2n) is 10.3. The molecule has 4 aromatic rings. The van der Waals surface area contributed by atoms with Crippen molar-refractivity contribution in [3.05, 3.63) is 77.0 Å². The molecule has 1 aliphatic heterocycles. The van der Waals surface area contributed by atoms with Gasteiger partial charge in [0.2, 0.25) is 5.91 Å². The first-order chi connectivity index (χ1) is 22.4. The summed E-state index contributed by atoms with van der Waals surface area (Å²) in [5.41, 5.74) is 5.05. The fourth-order valence-electron chi connectivity index (χ4n) is 4.78. The lowest BCUT2D eigenvalue weighted by molar-refractivity contribution is -0.192. The van der Waals surface area contributed by atoms with Gasteiger partial charge in [0.15, 0.2) is 0 Å². The summed E-state index contributed by atoms with van der Waals surface area (Å²) in [6, 6.07) is 10.8. The number of hydrogen-bond acceptors (Lipinski definition) is 8. The first kappa shape index (κ1) is 34.6. The Labute approximate surface area is 271 Å². The van der Waals surface area contributed by atoms with Crippen LogP contribution in [0.5, 0.6) is 0 Å². The summed E-state index contributed by atoms with van der Waals surface area (Å²) in [6.07, 6.45) is 6.53. The molecular weight excluding hydrogens is 645 g/mol. The first-order valence-electron chi connectivity index (χ1n) is 14.3. The van der Waals surface area contributed by atoms with Crippen molar-refractivity contribution in [3.8, 4) is 16.9 Å². The number of carboxylic acids is 1. The summed E-state index contributed by atoms with van der Waals surface area (Å²) in [5, 5.41) is 24.8. The molecule has 1 atom stereocenters. The Hall–Kier alpha value is -5.25. The quantitative estimate of drug-likeness (QED) is 0.188. The molecule has 0 unspecified atom stereocenters. The predicted octanol–water partition coefficient (Wildman–Crippen LogP) is 5.89. The Morgan fingerprint density at radius 1 is 1.13 bits per heavy atom. The fourth-order valence-corrected chi connectivity index (χ4v) is 4.96. The van der Waals surface area contributed by atoms with Crippen LogP contribution in [0.1, 0.15) is 55.1 Å². The number of nitrogens with zero attached hydrogens (tertiary/aromatic N) is 5. The van der Waals surface area contributed by atoms with E-state index in [1.165, 1.54) is 24.2 Å². The van der Waals surface area contributed by atoms with E-state index in [1.54, 1.807) is 30.5 Å². The number of aliphatic carboxylic acids is 1. The molecular formula is C30H30ClF3N8O5. The van der Waals surface area contributed by atoms with Gasteiger partial charge in [0, 0.05) is 27.9 Å². The highest BCUT2D eigenvalue weighted by molar-refractivity contribution is 6.30. The van der Waals surface area contributed by atoms with E-state index in [0.29, 0.717) is 27.8 Å². The first-order valence-corrected chi connectivity index (χ1v) is 14.7. The molecule has 13 nitrogen and oxygen atoms in total. The highest BCUT2D eigenvalue weighted by atomic mass is 35.5. The van der Waals surface area contributed by atoms with Gasteiger partial charge < -0.3 is 20.1 Å². The number of aromatic nitrogens is 6. The van der Waals surface area contributed by atoms with Gasteiger partial charge in [-0.2, -0.15) is 17.9 Å². The van der Waals surface area contributed by atoms with Crippen LogP contribution in [0.4, 0.5) is 23.7 Å². The molecule has 248 valence electrons. The van der Waals surface area contributed by atoms with Crippen LogP contribution in [0, 0.1) is 0 Å². The predicted molar refractivity (Wildman–Crippen MR) is 165 cm³/mol. The molecule has 1 aliphatic rings. The number of benzene rings is 2. The van der Waals surface area contributed by atoms with Crippen molar-refractivity contribution in [2.45, 2.75) is 50.7 Å². The molecule has 0 spiro atoms. The number of methoxy groups -OCH3 is 1. The van der Waals surface area contributed by atoms with Crippen molar-refractivity contribution >= 4 is 41.3 Å². The Morgan fingerprint density at radius 3 is 2.60 bits per heavy atom. The zero-order valence-electron chi connectivity index (χ0n) is 24.9. The van der Waals surface area contributed by atoms with Crippen molar-refractivity contribution in [2.75, 3.05) is 12.4 Å². The van der Waals surface area contributed by atoms with Crippen LogP contribution in [0.25, 0.3) is 23.0 Å². The second-order valence-corrected chi connectivity index (χ2v) is 10.7. The minimum atomic E-state index is -5.08. The van der Waals surface area contributed by atoms with Gasteiger partial charge in [-0.05, 0) is 71.7 Å². The largest absolute Gasteiger partial charge is 0.490 e. The molecule has 4 N–H and O–H groups in total. The van der Waals surface area contributed by atoms with E-state index < -0.39 is 18.2 Å². The van der Waals surface area contributed by atoms with Crippen LogP contribution in [-0.4, -0.2) is 66.5 Å². The van der Waals surface area contributed by atoms with Crippen molar-refractivity contribution in [3.63, 3.8) is 0 Å². The highest BCUT2D eigenvalue weighted by Crippen LogP contribution is 2.30. The van der Waals surface area contributed by atoms with E-state index in [1.807, 2.05) is 18.2 Å². The van der Waals surface area contributed by atoms with Crippen LogP contribution in [-0.2, 0) is 20.7 Å². The summed E-state index contributed by atoms with van der Waals surface area (Å²) < 4.78 is 38.0. The van der Waals surface area contributed by atoms with Gasteiger partial charge in [-0.3, -0.25) is 10.1 Å². The molecule has 2 aromatic carbocycles. The molecule has 0 aliphatic carbocycles. The smallest absolute Gasteiger partial charge is 0.475 e. The number of anilines is 1. The van der Waals surface area contributed by atoms with Gasteiger partial charge in [-0.1, -0.05) is 36.9 Å². The number of ether oxygens (including phenoxy) is 1. The number of fused-ring (bicyclic) bond motifs is 4. The molecule has 0 radical (unpaired) electrons. The number of H-pyrrole nitrogens is 1. The molecule has 2 amide bonds. The zero-order valence-corrected chi connectivity index (χ0v) is 25.7. The number of amides is 2. The minimum absolute atomic E-state index is 0.253. The van der Waals surface area contributed by atoms with E-state index in [-0.39, 0.29) is 11.9 Å². The Morgan fingerprint density at radius 2 is 1.89 bits per heavy atom. The lowest BCUT2D eigenvalue weighted by atomic mass is 9.97. The number of carbonyl (C=O) groups is 3. The average molecular weight is 675 g/mol. The molecule has 3 heterocycles. The zero-order chi connectivity index (χ0) is 34.0. The maximum atomic E-state index is 13.0. The summed E-state index contributed by atoms with van der Waals surface area (Å²) in [6.45, 7) is 0. The lowest BCUT2D eigenvalue weighted by Crippen LogP contribution is -2.27. The van der Waals surface area contributed by atoms with Gasteiger partial charge in [0.25, 0.3) is 0 Å². The number of tetrazole rings is 1. The standard InChI is InChI=1S/C28H29ClN8O3.C2HF3O2/c1-40-28(39)32-21-10-11-22-18(15-21)6-4-2-3-5-7-23(27-30-16-24(22)34-27)33-26(38)13-8-19-14-20(29)9-12-25(19)37-17-31-35-36-37;3-2(4,5)1(6)7/h8-17,23H,2-7H2,1H3,(H,30,34)(H,32,39)(H,33,38);(H,6,7)/b13-8+;/t23-;/m0./s1. The number of aryl methyl sites for hydroxylation is 1. The number of carboxylic acid groups (broad SMARTS) is 1. The van der Waals surface area contributed by atoms with E-state index in [4.69, 9.17) is 26.2 Å².